The van der Waals surface area contributed by atoms with Crippen LogP contribution in [0.3, 0.4) is 0 Å². The summed E-state index contributed by atoms with van der Waals surface area (Å²) in [6.45, 7) is 1.70. The molecule has 0 saturated carbocycles. The molecule has 3 aromatic rings. The summed E-state index contributed by atoms with van der Waals surface area (Å²) in [6, 6.07) is 12.3. The van der Waals surface area contributed by atoms with E-state index >= 15 is 0 Å². The maximum atomic E-state index is 12.1. The number of para-hydroxylation sites is 1. The van der Waals surface area contributed by atoms with Crippen molar-refractivity contribution in [2.45, 2.75) is 6.92 Å². The Bertz CT molecular complexity index is 1040. The van der Waals surface area contributed by atoms with Crippen LogP contribution in [0.2, 0.25) is 10.0 Å². The minimum Gasteiger partial charge on any atom is -0.358 e. The number of fused-ring (bicyclic) bond motifs is 1. The molecule has 0 fully saturated rings. The number of nitrogens with one attached hydrogen (secondary N) is 3. The van der Waals surface area contributed by atoms with Crippen molar-refractivity contribution >= 4 is 52.1 Å². The Kier molecular flexibility index (Phi) is 5.78. The fourth-order valence-corrected chi connectivity index (χ4v) is 3.10. The van der Waals surface area contributed by atoms with Crippen molar-refractivity contribution in [1.29, 1.82) is 0 Å². The number of hydrogen-bond acceptors (Lipinski definition) is 3. The molecule has 0 bridgehead atoms. The van der Waals surface area contributed by atoms with Gasteiger partial charge in [-0.3, -0.25) is 9.59 Å². The maximum absolute atomic E-state index is 12.1. The van der Waals surface area contributed by atoms with E-state index in [-0.39, 0.29) is 17.1 Å². The number of rotatable bonds is 5. The summed E-state index contributed by atoms with van der Waals surface area (Å²) in [7, 11) is 0. The highest BCUT2D eigenvalue weighted by Crippen LogP contribution is 2.21. The lowest BCUT2D eigenvalue weighted by Crippen LogP contribution is -2.35. The minimum atomic E-state index is -0.469. The van der Waals surface area contributed by atoms with E-state index < -0.39 is 11.8 Å². The third kappa shape index (κ3) is 4.48. The molecule has 0 radical (unpaired) electrons. The van der Waals surface area contributed by atoms with Crippen LogP contribution in [0.5, 0.6) is 0 Å². The van der Waals surface area contributed by atoms with Gasteiger partial charge in [0.05, 0.1) is 23.3 Å². The maximum Gasteiger partial charge on any atom is 0.259 e. The van der Waals surface area contributed by atoms with Crippen molar-refractivity contribution in [3.8, 4) is 0 Å². The van der Waals surface area contributed by atoms with Gasteiger partial charge in [0.25, 0.3) is 11.8 Å². The Labute approximate surface area is 165 Å². The molecule has 0 saturated heterocycles. The number of aryl methyl sites for hydroxylation is 1. The van der Waals surface area contributed by atoms with Gasteiger partial charge in [-0.25, -0.2) is 5.43 Å². The van der Waals surface area contributed by atoms with Gasteiger partial charge < -0.3 is 10.3 Å². The summed E-state index contributed by atoms with van der Waals surface area (Å²) in [5.41, 5.74) is 5.46. The number of aromatic amines is 1. The Morgan fingerprint density at radius 3 is 2.74 bits per heavy atom. The van der Waals surface area contributed by atoms with Crippen LogP contribution in [-0.2, 0) is 4.79 Å². The van der Waals surface area contributed by atoms with Crippen LogP contribution < -0.4 is 10.7 Å². The Morgan fingerprint density at radius 2 is 1.96 bits per heavy atom. The molecule has 0 aliphatic heterocycles. The van der Waals surface area contributed by atoms with Crippen LogP contribution in [0.4, 0.5) is 0 Å². The molecule has 0 spiro atoms. The van der Waals surface area contributed by atoms with Gasteiger partial charge in [-0.05, 0) is 31.2 Å². The van der Waals surface area contributed by atoms with Crippen LogP contribution in [0, 0.1) is 6.92 Å². The fourth-order valence-electron chi connectivity index (χ4n) is 2.60. The number of carbonyl (C=O) groups excluding carboxylic acids is 2. The van der Waals surface area contributed by atoms with Crippen molar-refractivity contribution < 1.29 is 9.59 Å². The summed E-state index contributed by atoms with van der Waals surface area (Å²) in [4.78, 5) is 27.2. The summed E-state index contributed by atoms with van der Waals surface area (Å²) >= 11 is 11.8. The van der Waals surface area contributed by atoms with Crippen molar-refractivity contribution in [3.05, 3.63) is 69.3 Å². The SMILES string of the molecule is Cc1[nH]c2ccccc2c1C=NNC(=O)CNC(=O)c1ccc(Cl)cc1Cl. The van der Waals surface area contributed by atoms with Crippen molar-refractivity contribution in [1.82, 2.24) is 15.7 Å². The molecular weight excluding hydrogens is 387 g/mol. The zero-order chi connectivity index (χ0) is 19.4. The van der Waals surface area contributed by atoms with Crippen molar-refractivity contribution in [2.75, 3.05) is 6.54 Å². The van der Waals surface area contributed by atoms with Crippen molar-refractivity contribution in [2.24, 2.45) is 5.10 Å². The van der Waals surface area contributed by atoms with Gasteiger partial charge in [0, 0.05) is 27.2 Å². The topological polar surface area (TPSA) is 86.3 Å². The largest absolute Gasteiger partial charge is 0.358 e. The third-order valence-corrected chi connectivity index (χ3v) is 4.46. The lowest BCUT2D eigenvalue weighted by molar-refractivity contribution is -0.120. The van der Waals surface area contributed by atoms with E-state index in [1.165, 1.54) is 12.1 Å². The van der Waals surface area contributed by atoms with Gasteiger partial charge in [-0.2, -0.15) is 5.10 Å². The van der Waals surface area contributed by atoms with Crippen LogP contribution in [0.15, 0.2) is 47.6 Å². The second kappa shape index (κ2) is 8.24. The molecule has 1 aromatic heterocycles. The molecule has 1 heterocycles. The summed E-state index contributed by atoms with van der Waals surface area (Å²) in [5.74, 6) is -0.926. The van der Waals surface area contributed by atoms with Gasteiger partial charge in [0.2, 0.25) is 0 Å². The fraction of sp³-hybridized carbons (Fsp3) is 0.105. The van der Waals surface area contributed by atoms with Crippen molar-refractivity contribution in [3.63, 3.8) is 0 Å². The van der Waals surface area contributed by atoms with Crippen LogP contribution in [0.25, 0.3) is 10.9 Å². The van der Waals surface area contributed by atoms with Gasteiger partial charge >= 0.3 is 0 Å². The van der Waals surface area contributed by atoms with Crippen LogP contribution in [0.1, 0.15) is 21.6 Å². The predicted molar refractivity (Wildman–Crippen MR) is 108 cm³/mol. The highest BCUT2D eigenvalue weighted by Gasteiger charge is 2.12. The van der Waals surface area contributed by atoms with Crippen LogP contribution in [-0.4, -0.2) is 29.6 Å². The number of hydrogen-bond donors (Lipinski definition) is 3. The number of aromatic nitrogens is 1. The number of amides is 2. The molecule has 27 heavy (non-hydrogen) atoms. The zero-order valence-corrected chi connectivity index (χ0v) is 15.9. The first-order valence-corrected chi connectivity index (χ1v) is 8.84. The first kappa shape index (κ1) is 18.9. The molecule has 138 valence electrons. The number of nitrogens with zero attached hydrogens (tertiary/aromatic N) is 1. The Balaban J connectivity index is 1.57. The van der Waals surface area contributed by atoms with E-state index in [2.05, 4.69) is 20.8 Å². The number of H-pyrrole nitrogens is 1. The number of carbonyl (C=O) groups is 2. The molecule has 2 amide bonds. The first-order valence-electron chi connectivity index (χ1n) is 8.08. The standard InChI is InChI=1S/C19H16Cl2N4O2/c1-11-15(13-4-2-3-5-17(13)24-11)9-23-25-18(26)10-22-19(27)14-7-6-12(20)8-16(14)21/h2-9,24H,10H2,1H3,(H,22,27)(H,25,26). The average Bonchev–Trinajstić information content (AvgIpc) is 2.95. The lowest BCUT2D eigenvalue weighted by atomic mass is 10.1. The Hall–Kier alpha value is -2.83. The smallest absolute Gasteiger partial charge is 0.259 e. The highest BCUT2D eigenvalue weighted by molar-refractivity contribution is 6.36. The second-order valence-corrected chi connectivity index (χ2v) is 6.65. The van der Waals surface area contributed by atoms with Crippen LogP contribution >= 0.6 is 23.2 Å². The quantitative estimate of drug-likeness (QED) is 0.449. The van der Waals surface area contributed by atoms with E-state index in [4.69, 9.17) is 23.2 Å². The van der Waals surface area contributed by atoms with E-state index in [9.17, 15) is 9.59 Å². The molecule has 0 aliphatic carbocycles. The van der Waals surface area contributed by atoms with Gasteiger partial charge in [-0.1, -0.05) is 41.4 Å². The zero-order valence-electron chi connectivity index (χ0n) is 14.3. The molecule has 0 unspecified atom stereocenters. The van der Waals surface area contributed by atoms with E-state index in [1.54, 1.807) is 12.3 Å². The highest BCUT2D eigenvalue weighted by atomic mass is 35.5. The monoisotopic (exact) mass is 402 g/mol. The number of hydrazone groups is 1. The second-order valence-electron chi connectivity index (χ2n) is 5.81. The molecule has 0 aliphatic rings. The summed E-state index contributed by atoms with van der Waals surface area (Å²) in [5, 5.41) is 8.11. The predicted octanol–water partition coefficient (Wildman–Crippen LogP) is 3.66. The molecule has 8 heteroatoms. The van der Waals surface area contributed by atoms with Gasteiger partial charge in [0.1, 0.15) is 0 Å². The van der Waals surface area contributed by atoms with Gasteiger partial charge in [0.15, 0.2) is 0 Å². The third-order valence-electron chi connectivity index (χ3n) is 3.91. The minimum absolute atomic E-state index is 0.216. The molecule has 3 N–H and O–H groups in total. The molecule has 3 rings (SSSR count). The van der Waals surface area contributed by atoms with Gasteiger partial charge in [-0.15, -0.1) is 0 Å². The number of benzene rings is 2. The average molecular weight is 403 g/mol. The molecule has 6 nitrogen and oxygen atoms in total. The first-order chi connectivity index (χ1) is 13.0. The molecule has 2 aromatic carbocycles. The summed E-state index contributed by atoms with van der Waals surface area (Å²) < 4.78 is 0. The normalized spacial score (nSPS) is 11.1. The van der Waals surface area contributed by atoms with E-state index in [0.29, 0.717) is 5.02 Å². The number of halogens is 2. The summed E-state index contributed by atoms with van der Waals surface area (Å²) in [6.07, 6.45) is 1.57. The Morgan fingerprint density at radius 1 is 1.19 bits per heavy atom. The van der Waals surface area contributed by atoms with E-state index in [1.807, 2.05) is 31.2 Å². The molecule has 0 atom stereocenters. The lowest BCUT2D eigenvalue weighted by Gasteiger charge is -2.06. The molecular formula is C19H16Cl2N4O2. The van der Waals surface area contributed by atoms with E-state index in [0.717, 1.165) is 22.2 Å².